The number of allylic oxidation sites excluding steroid dienone is 4. The van der Waals surface area contributed by atoms with Crippen molar-refractivity contribution in [1.82, 2.24) is 0 Å². The lowest BCUT2D eigenvalue weighted by Gasteiger charge is -2.00. The first-order valence-corrected chi connectivity index (χ1v) is 3.45. The van der Waals surface area contributed by atoms with E-state index in [9.17, 15) is 4.79 Å². The molecule has 0 amide bonds. The molecule has 0 saturated heterocycles. The summed E-state index contributed by atoms with van der Waals surface area (Å²) in [5.41, 5.74) is 0. The Labute approximate surface area is 72.0 Å². The number of hydrogen-bond donors (Lipinski definition) is 0. The highest BCUT2D eigenvalue weighted by atomic mass is 16.7. The van der Waals surface area contributed by atoms with Gasteiger partial charge in [-0.2, -0.15) is 0 Å². The van der Waals surface area contributed by atoms with Gasteiger partial charge in [0.25, 0.3) is 0 Å². The van der Waals surface area contributed by atoms with E-state index in [1.807, 2.05) is 0 Å². The van der Waals surface area contributed by atoms with Gasteiger partial charge >= 0.3 is 6.16 Å². The van der Waals surface area contributed by atoms with Crippen LogP contribution in [0.1, 0.15) is 6.92 Å². The van der Waals surface area contributed by atoms with E-state index in [1.54, 1.807) is 31.2 Å². The van der Waals surface area contributed by atoms with Crippen LogP contribution in [0.2, 0.25) is 0 Å². The summed E-state index contributed by atoms with van der Waals surface area (Å²) in [4.78, 5) is 10.6. The van der Waals surface area contributed by atoms with Gasteiger partial charge in [0.1, 0.15) is 5.76 Å². The lowest BCUT2D eigenvalue weighted by atomic mass is 10.4. The molecule has 0 aliphatic rings. The van der Waals surface area contributed by atoms with Crippen molar-refractivity contribution in [2.75, 3.05) is 7.11 Å². The van der Waals surface area contributed by atoms with Crippen molar-refractivity contribution in [1.29, 1.82) is 0 Å². The third-order valence-electron chi connectivity index (χ3n) is 1.05. The lowest BCUT2D eigenvalue weighted by Crippen LogP contribution is -2.02. The third-order valence-corrected chi connectivity index (χ3v) is 1.05. The summed E-state index contributed by atoms with van der Waals surface area (Å²) in [6.45, 7) is 5.24. The molecular weight excluding hydrogens is 156 g/mol. The van der Waals surface area contributed by atoms with Crippen LogP contribution in [0, 0.1) is 0 Å². The van der Waals surface area contributed by atoms with Crippen LogP contribution in [0.5, 0.6) is 0 Å². The van der Waals surface area contributed by atoms with Gasteiger partial charge in [-0.15, -0.1) is 0 Å². The maximum absolute atomic E-state index is 10.6. The highest BCUT2D eigenvalue weighted by molar-refractivity contribution is 5.61. The molecule has 0 spiro atoms. The number of carbonyl (C=O) groups excluding carboxylic acids is 1. The minimum atomic E-state index is -0.725. The van der Waals surface area contributed by atoms with Crippen LogP contribution in [0.25, 0.3) is 0 Å². The maximum atomic E-state index is 10.6. The summed E-state index contributed by atoms with van der Waals surface area (Å²) < 4.78 is 9.02. The Morgan fingerprint density at radius 2 is 2.17 bits per heavy atom. The zero-order valence-electron chi connectivity index (χ0n) is 7.24. The lowest BCUT2D eigenvalue weighted by molar-refractivity contribution is 0.0998. The molecule has 0 aromatic carbocycles. The minimum Gasteiger partial charge on any atom is -0.437 e. The topological polar surface area (TPSA) is 35.5 Å². The average molecular weight is 168 g/mol. The molecule has 66 valence electrons. The van der Waals surface area contributed by atoms with E-state index in [1.165, 1.54) is 7.11 Å². The second kappa shape index (κ2) is 6.22. The van der Waals surface area contributed by atoms with E-state index in [-0.39, 0.29) is 0 Å². The van der Waals surface area contributed by atoms with Crippen molar-refractivity contribution in [3.63, 3.8) is 0 Å². The molecule has 0 aliphatic heterocycles. The van der Waals surface area contributed by atoms with Crippen molar-refractivity contribution in [3.05, 3.63) is 36.6 Å². The highest BCUT2D eigenvalue weighted by Gasteiger charge is 2.01. The molecule has 0 aromatic heterocycles. The summed E-state index contributed by atoms with van der Waals surface area (Å²) in [6.07, 6.45) is 5.79. The van der Waals surface area contributed by atoms with Crippen LogP contribution >= 0.6 is 0 Å². The van der Waals surface area contributed by atoms with E-state index in [0.717, 1.165) is 0 Å². The molecule has 12 heavy (non-hydrogen) atoms. The summed E-state index contributed by atoms with van der Waals surface area (Å²) >= 11 is 0. The van der Waals surface area contributed by atoms with E-state index >= 15 is 0 Å². The largest absolute Gasteiger partial charge is 0.513 e. The Balaban J connectivity index is 4.10. The molecule has 3 heteroatoms. The van der Waals surface area contributed by atoms with Crippen LogP contribution in [0.4, 0.5) is 4.79 Å². The Kier molecular flexibility index (Phi) is 5.43. The van der Waals surface area contributed by atoms with Gasteiger partial charge in [0.2, 0.25) is 0 Å². The van der Waals surface area contributed by atoms with Gasteiger partial charge in [0.05, 0.1) is 7.11 Å². The fourth-order valence-corrected chi connectivity index (χ4v) is 0.490. The zero-order valence-corrected chi connectivity index (χ0v) is 7.24. The summed E-state index contributed by atoms with van der Waals surface area (Å²) in [5, 5.41) is 0. The smallest absolute Gasteiger partial charge is 0.437 e. The second-order valence-corrected chi connectivity index (χ2v) is 1.84. The number of carbonyl (C=O) groups is 1. The number of hydrogen-bond acceptors (Lipinski definition) is 3. The maximum Gasteiger partial charge on any atom is 0.513 e. The van der Waals surface area contributed by atoms with Gasteiger partial charge in [-0.05, 0) is 19.1 Å². The first-order chi connectivity index (χ1) is 5.74. The van der Waals surface area contributed by atoms with Gasteiger partial charge < -0.3 is 9.47 Å². The highest BCUT2D eigenvalue weighted by Crippen LogP contribution is 2.00. The van der Waals surface area contributed by atoms with Crippen LogP contribution in [-0.4, -0.2) is 13.3 Å². The Bertz CT molecular complexity index is 214. The van der Waals surface area contributed by atoms with Crippen LogP contribution in [-0.2, 0) is 9.47 Å². The van der Waals surface area contributed by atoms with Crippen molar-refractivity contribution >= 4 is 6.16 Å². The molecule has 0 fully saturated rings. The normalized spacial score (nSPS) is 11.3. The molecule has 0 radical (unpaired) electrons. The summed E-state index contributed by atoms with van der Waals surface area (Å²) in [5.74, 6) is 0.432. The van der Waals surface area contributed by atoms with Crippen molar-refractivity contribution in [2.24, 2.45) is 0 Å². The molecule has 0 N–H and O–H groups in total. The molecular formula is C9H12O3. The fraction of sp³-hybridized carbons (Fsp3) is 0.222. The number of methoxy groups -OCH3 is 1. The Morgan fingerprint density at radius 3 is 2.58 bits per heavy atom. The number of ether oxygens (including phenoxy) is 2. The average Bonchev–Trinajstić information content (AvgIpc) is 2.11. The SMILES string of the molecule is C=CC=CC(=CC)OC(=O)OC. The second-order valence-electron chi connectivity index (χ2n) is 1.84. The minimum absolute atomic E-state index is 0.432. The monoisotopic (exact) mass is 168 g/mol. The molecule has 0 aliphatic carbocycles. The fourth-order valence-electron chi connectivity index (χ4n) is 0.490. The van der Waals surface area contributed by atoms with Crippen LogP contribution in [0.3, 0.4) is 0 Å². The predicted octanol–water partition coefficient (Wildman–Crippen LogP) is 2.42. The number of rotatable bonds is 3. The van der Waals surface area contributed by atoms with Crippen LogP contribution < -0.4 is 0 Å². The van der Waals surface area contributed by atoms with Crippen molar-refractivity contribution in [3.8, 4) is 0 Å². The third kappa shape index (κ3) is 4.33. The molecule has 0 unspecified atom stereocenters. The van der Waals surface area contributed by atoms with E-state index < -0.39 is 6.16 Å². The molecule has 3 nitrogen and oxygen atoms in total. The van der Waals surface area contributed by atoms with Crippen molar-refractivity contribution < 1.29 is 14.3 Å². The van der Waals surface area contributed by atoms with Gasteiger partial charge in [-0.3, -0.25) is 0 Å². The van der Waals surface area contributed by atoms with Crippen LogP contribution in [0.15, 0.2) is 36.6 Å². The predicted molar refractivity (Wildman–Crippen MR) is 46.6 cm³/mol. The Morgan fingerprint density at radius 1 is 1.50 bits per heavy atom. The standard InChI is InChI=1S/C9H12O3/c1-4-6-7-8(5-2)12-9(10)11-3/h4-7H,1H2,2-3H3. The van der Waals surface area contributed by atoms with Gasteiger partial charge in [-0.1, -0.05) is 18.7 Å². The quantitative estimate of drug-likeness (QED) is 0.369. The summed E-state index contributed by atoms with van der Waals surface area (Å²) in [6, 6.07) is 0. The molecule has 0 rings (SSSR count). The zero-order chi connectivity index (χ0) is 9.40. The summed E-state index contributed by atoms with van der Waals surface area (Å²) in [7, 11) is 1.26. The molecule has 0 bridgehead atoms. The molecule has 0 heterocycles. The Hall–Kier alpha value is -1.51. The van der Waals surface area contributed by atoms with Gasteiger partial charge in [0.15, 0.2) is 0 Å². The molecule has 0 saturated carbocycles. The first kappa shape index (κ1) is 10.5. The van der Waals surface area contributed by atoms with E-state index in [2.05, 4.69) is 11.3 Å². The molecule has 0 aromatic rings. The van der Waals surface area contributed by atoms with Gasteiger partial charge in [-0.25, -0.2) is 4.79 Å². The van der Waals surface area contributed by atoms with E-state index in [4.69, 9.17) is 4.74 Å². The molecule has 0 atom stereocenters. The van der Waals surface area contributed by atoms with Gasteiger partial charge in [0, 0.05) is 0 Å². The van der Waals surface area contributed by atoms with Crippen molar-refractivity contribution in [2.45, 2.75) is 6.92 Å². The van der Waals surface area contributed by atoms with E-state index in [0.29, 0.717) is 5.76 Å². The first-order valence-electron chi connectivity index (χ1n) is 3.45.